The van der Waals surface area contributed by atoms with Gasteiger partial charge in [-0.15, -0.1) is 0 Å². The summed E-state index contributed by atoms with van der Waals surface area (Å²) in [6.45, 7) is 6.05. The van der Waals surface area contributed by atoms with E-state index in [1.807, 2.05) is 39.2 Å². The molecule has 2 heterocycles. The Hall–Kier alpha value is -1.98. The number of nitrogens with zero attached hydrogens (tertiary/aromatic N) is 2. The van der Waals surface area contributed by atoms with Crippen molar-refractivity contribution >= 4 is 0 Å². The summed E-state index contributed by atoms with van der Waals surface area (Å²) in [5.74, 6) is 6.63. The summed E-state index contributed by atoms with van der Waals surface area (Å²) in [6.07, 6.45) is 6.16. The molecule has 0 radical (unpaired) electrons. The van der Waals surface area contributed by atoms with Crippen LogP contribution >= 0.6 is 0 Å². The van der Waals surface area contributed by atoms with E-state index in [0.29, 0.717) is 6.42 Å². The molecule has 5 nitrogen and oxygen atoms in total. The Labute approximate surface area is 125 Å². The van der Waals surface area contributed by atoms with Crippen LogP contribution < -0.4 is 16.0 Å². The molecular formula is C16H22N4O. The first-order chi connectivity index (χ1) is 10.1. The SMILES string of the molecule is COc1c(C)cnc(CC(NN)c2ccncc2C)c1C. The van der Waals surface area contributed by atoms with Crippen LogP contribution in [0.15, 0.2) is 24.7 Å². The maximum Gasteiger partial charge on any atom is 0.128 e. The zero-order chi connectivity index (χ0) is 15.4. The number of ether oxygens (including phenoxy) is 1. The van der Waals surface area contributed by atoms with Crippen LogP contribution in [0.1, 0.15) is 34.0 Å². The van der Waals surface area contributed by atoms with Crippen LogP contribution in [0.4, 0.5) is 0 Å². The molecule has 2 aromatic heterocycles. The highest BCUT2D eigenvalue weighted by molar-refractivity contribution is 5.42. The number of rotatable bonds is 5. The minimum Gasteiger partial charge on any atom is -0.496 e. The molecule has 0 amide bonds. The minimum atomic E-state index is -0.00777. The zero-order valence-electron chi connectivity index (χ0n) is 13.0. The summed E-state index contributed by atoms with van der Waals surface area (Å²) in [5, 5.41) is 0. The highest BCUT2D eigenvalue weighted by Crippen LogP contribution is 2.27. The largest absolute Gasteiger partial charge is 0.496 e. The van der Waals surface area contributed by atoms with E-state index in [2.05, 4.69) is 15.4 Å². The molecule has 0 aliphatic heterocycles. The Morgan fingerprint density at radius 2 is 2.00 bits per heavy atom. The van der Waals surface area contributed by atoms with Gasteiger partial charge in [0.2, 0.25) is 0 Å². The number of nitrogens with one attached hydrogen (secondary N) is 1. The van der Waals surface area contributed by atoms with E-state index in [4.69, 9.17) is 10.6 Å². The third kappa shape index (κ3) is 3.20. The van der Waals surface area contributed by atoms with Crippen LogP contribution in [0.2, 0.25) is 0 Å². The van der Waals surface area contributed by atoms with Gasteiger partial charge in [0.25, 0.3) is 0 Å². The molecule has 0 spiro atoms. The van der Waals surface area contributed by atoms with Gasteiger partial charge in [0, 0.05) is 41.8 Å². The number of methoxy groups -OCH3 is 1. The topological polar surface area (TPSA) is 73.1 Å². The van der Waals surface area contributed by atoms with E-state index in [9.17, 15) is 0 Å². The molecule has 2 aromatic rings. The zero-order valence-corrected chi connectivity index (χ0v) is 13.0. The van der Waals surface area contributed by atoms with E-state index < -0.39 is 0 Å². The summed E-state index contributed by atoms with van der Waals surface area (Å²) < 4.78 is 5.46. The van der Waals surface area contributed by atoms with Crippen molar-refractivity contribution in [2.24, 2.45) is 5.84 Å². The van der Waals surface area contributed by atoms with E-state index in [-0.39, 0.29) is 6.04 Å². The van der Waals surface area contributed by atoms with Crippen LogP contribution in [0, 0.1) is 20.8 Å². The Kier molecular flexibility index (Phi) is 4.88. The van der Waals surface area contributed by atoms with Gasteiger partial charge in [-0.25, -0.2) is 0 Å². The monoisotopic (exact) mass is 286 g/mol. The van der Waals surface area contributed by atoms with Gasteiger partial charge in [0.1, 0.15) is 5.75 Å². The molecule has 0 aliphatic carbocycles. The van der Waals surface area contributed by atoms with Gasteiger partial charge in [-0.2, -0.15) is 0 Å². The first-order valence-corrected chi connectivity index (χ1v) is 6.94. The molecule has 0 bridgehead atoms. The smallest absolute Gasteiger partial charge is 0.128 e. The molecule has 5 heteroatoms. The first kappa shape index (κ1) is 15.4. The maximum atomic E-state index is 5.74. The van der Waals surface area contributed by atoms with Gasteiger partial charge in [-0.05, 0) is 38.0 Å². The van der Waals surface area contributed by atoms with Gasteiger partial charge in [0.05, 0.1) is 13.2 Å². The summed E-state index contributed by atoms with van der Waals surface area (Å²) in [7, 11) is 1.69. The molecule has 21 heavy (non-hydrogen) atoms. The summed E-state index contributed by atoms with van der Waals surface area (Å²) >= 11 is 0. The van der Waals surface area contributed by atoms with Crippen molar-refractivity contribution < 1.29 is 4.74 Å². The van der Waals surface area contributed by atoms with E-state index in [1.54, 1.807) is 13.3 Å². The van der Waals surface area contributed by atoms with Gasteiger partial charge in [-0.3, -0.25) is 21.2 Å². The number of aryl methyl sites for hydroxylation is 2. The average Bonchev–Trinajstić information content (AvgIpc) is 2.48. The van der Waals surface area contributed by atoms with Crippen molar-refractivity contribution in [3.05, 3.63) is 52.6 Å². The van der Waals surface area contributed by atoms with Crippen molar-refractivity contribution in [2.45, 2.75) is 33.2 Å². The van der Waals surface area contributed by atoms with Crippen molar-refractivity contribution in [1.82, 2.24) is 15.4 Å². The summed E-state index contributed by atoms with van der Waals surface area (Å²) in [5.41, 5.74) is 8.20. The Morgan fingerprint density at radius 1 is 1.24 bits per heavy atom. The van der Waals surface area contributed by atoms with Gasteiger partial charge in [-0.1, -0.05) is 0 Å². The lowest BCUT2D eigenvalue weighted by Crippen LogP contribution is -2.30. The lowest BCUT2D eigenvalue weighted by atomic mass is 9.97. The standard InChI is InChI=1S/C16H22N4O/c1-10-8-18-6-5-13(10)15(20-17)7-14-12(3)16(21-4)11(2)9-19-14/h5-6,8-9,15,20H,7,17H2,1-4H3. The van der Waals surface area contributed by atoms with Crippen LogP contribution in [-0.2, 0) is 6.42 Å². The van der Waals surface area contributed by atoms with Crippen LogP contribution in [0.3, 0.4) is 0 Å². The number of hydrazine groups is 1. The third-order valence-electron chi connectivity index (χ3n) is 3.79. The molecule has 0 aromatic carbocycles. The normalized spacial score (nSPS) is 12.2. The molecule has 1 atom stereocenters. The highest BCUT2D eigenvalue weighted by Gasteiger charge is 2.17. The van der Waals surface area contributed by atoms with Crippen molar-refractivity contribution in [2.75, 3.05) is 7.11 Å². The second kappa shape index (κ2) is 6.65. The van der Waals surface area contributed by atoms with Crippen LogP contribution in [0.25, 0.3) is 0 Å². The lowest BCUT2D eigenvalue weighted by Gasteiger charge is -2.20. The Balaban J connectivity index is 2.34. The van der Waals surface area contributed by atoms with E-state index in [0.717, 1.165) is 33.7 Å². The average molecular weight is 286 g/mol. The molecule has 0 saturated carbocycles. The lowest BCUT2D eigenvalue weighted by molar-refractivity contribution is 0.406. The van der Waals surface area contributed by atoms with Crippen molar-refractivity contribution in [3.8, 4) is 5.75 Å². The van der Waals surface area contributed by atoms with Gasteiger partial charge in [0.15, 0.2) is 0 Å². The van der Waals surface area contributed by atoms with Crippen LogP contribution in [-0.4, -0.2) is 17.1 Å². The third-order valence-corrected chi connectivity index (χ3v) is 3.79. The molecular weight excluding hydrogens is 264 g/mol. The Morgan fingerprint density at radius 3 is 2.62 bits per heavy atom. The number of pyridine rings is 2. The number of hydrogen-bond donors (Lipinski definition) is 2. The second-order valence-corrected chi connectivity index (χ2v) is 5.20. The van der Waals surface area contributed by atoms with E-state index >= 15 is 0 Å². The molecule has 0 saturated heterocycles. The fourth-order valence-electron chi connectivity index (χ4n) is 2.60. The number of hydrogen-bond acceptors (Lipinski definition) is 5. The molecule has 2 rings (SSSR count). The van der Waals surface area contributed by atoms with Gasteiger partial charge < -0.3 is 4.74 Å². The Bertz CT molecular complexity index is 628. The van der Waals surface area contributed by atoms with Crippen molar-refractivity contribution in [1.29, 1.82) is 0 Å². The molecule has 3 N–H and O–H groups in total. The van der Waals surface area contributed by atoms with Crippen molar-refractivity contribution in [3.63, 3.8) is 0 Å². The van der Waals surface area contributed by atoms with Crippen LogP contribution in [0.5, 0.6) is 5.75 Å². The predicted octanol–water partition coefficient (Wildman–Crippen LogP) is 2.16. The maximum absolute atomic E-state index is 5.74. The second-order valence-electron chi connectivity index (χ2n) is 5.20. The number of nitrogens with two attached hydrogens (primary N) is 1. The fraction of sp³-hybridized carbons (Fsp3) is 0.375. The minimum absolute atomic E-state index is 0.00777. The molecule has 1 unspecified atom stereocenters. The number of aromatic nitrogens is 2. The molecule has 0 aliphatic rings. The van der Waals surface area contributed by atoms with Gasteiger partial charge >= 0.3 is 0 Å². The quantitative estimate of drug-likeness (QED) is 0.651. The fourth-order valence-corrected chi connectivity index (χ4v) is 2.60. The van der Waals surface area contributed by atoms with E-state index in [1.165, 1.54) is 0 Å². The molecule has 0 fully saturated rings. The summed E-state index contributed by atoms with van der Waals surface area (Å²) in [6, 6.07) is 1.98. The highest BCUT2D eigenvalue weighted by atomic mass is 16.5. The molecule has 112 valence electrons. The summed E-state index contributed by atoms with van der Waals surface area (Å²) in [4.78, 5) is 8.66. The predicted molar refractivity (Wildman–Crippen MR) is 83.0 cm³/mol. The first-order valence-electron chi connectivity index (χ1n) is 6.94.